The smallest absolute Gasteiger partial charge is 0.182 e. The van der Waals surface area contributed by atoms with Crippen molar-refractivity contribution in [2.45, 2.75) is 18.9 Å². The van der Waals surface area contributed by atoms with E-state index in [-0.39, 0.29) is 0 Å². The number of hydrogen-bond acceptors (Lipinski definition) is 2. The Balaban J connectivity index is 2.00. The van der Waals surface area contributed by atoms with Crippen LogP contribution < -0.4 is 0 Å². The fourth-order valence-electron chi connectivity index (χ4n) is 1.58. The highest BCUT2D eigenvalue weighted by Gasteiger charge is 2.25. The highest BCUT2D eigenvalue weighted by Crippen LogP contribution is 2.35. The van der Waals surface area contributed by atoms with Gasteiger partial charge in [0.05, 0.1) is 11.1 Å². The second-order valence-electron chi connectivity index (χ2n) is 3.90. The molecule has 0 unspecified atom stereocenters. The van der Waals surface area contributed by atoms with Crippen molar-refractivity contribution < 1.29 is 0 Å². The Bertz CT molecular complexity index is 532. The van der Waals surface area contributed by atoms with Crippen molar-refractivity contribution in [2.75, 3.05) is 0 Å². The topological polar surface area (TPSA) is 30.7 Å². The van der Waals surface area contributed by atoms with Crippen LogP contribution in [-0.2, 0) is 0 Å². The van der Waals surface area contributed by atoms with Crippen molar-refractivity contribution in [3.63, 3.8) is 0 Å². The number of benzene rings is 1. The van der Waals surface area contributed by atoms with E-state index in [0.29, 0.717) is 21.9 Å². The summed E-state index contributed by atoms with van der Waals surface area (Å²) in [6.07, 6.45) is 4.15. The summed E-state index contributed by atoms with van der Waals surface area (Å²) >= 11 is 11.9. The summed E-state index contributed by atoms with van der Waals surface area (Å²) < 4.78 is 1.90. The van der Waals surface area contributed by atoms with Crippen LogP contribution in [0.2, 0.25) is 10.0 Å². The fraction of sp³-hybridized carbons (Fsp3) is 0.273. The van der Waals surface area contributed by atoms with E-state index in [4.69, 9.17) is 23.2 Å². The Morgan fingerprint density at radius 2 is 2.06 bits per heavy atom. The van der Waals surface area contributed by atoms with Crippen LogP contribution in [0, 0.1) is 0 Å². The van der Waals surface area contributed by atoms with Crippen molar-refractivity contribution in [3.05, 3.63) is 34.6 Å². The van der Waals surface area contributed by atoms with Gasteiger partial charge in [0.25, 0.3) is 0 Å². The van der Waals surface area contributed by atoms with E-state index in [1.54, 1.807) is 18.5 Å². The molecule has 0 amide bonds. The normalized spacial score (nSPS) is 15.4. The van der Waals surface area contributed by atoms with Gasteiger partial charge in [-0.1, -0.05) is 23.2 Å². The molecule has 3 nitrogen and oxygen atoms in total. The zero-order valence-electron chi connectivity index (χ0n) is 8.40. The van der Waals surface area contributed by atoms with Gasteiger partial charge in [-0.05, 0) is 31.0 Å². The van der Waals surface area contributed by atoms with Crippen molar-refractivity contribution in [3.8, 4) is 11.4 Å². The molecular weight excluding hydrogens is 245 g/mol. The van der Waals surface area contributed by atoms with Crippen LogP contribution in [0.15, 0.2) is 24.5 Å². The third kappa shape index (κ3) is 1.81. The number of hydrogen-bond donors (Lipinski definition) is 0. The molecule has 1 aliphatic rings. The Kier molecular flexibility index (Phi) is 2.37. The minimum atomic E-state index is 0.535. The van der Waals surface area contributed by atoms with Gasteiger partial charge in [-0.15, -0.1) is 0 Å². The minimum absolute atomic E-state index is 0.535. The molecule has 0 atom stereocenters. The van der Waals surface area contributed by atoms with E-state index in [9.17, 15) is 0 Å². The predicted octanol–water partition coefficient (Wildman–Crippen LogP) is 3.59. The van der Waals surface area contributed by atoms with Crippen molar-refractivity contribution in [1.29, 1.82) is 0 Å². The zero-order valence-corrected chi connectivity index (χ0v) is 9.91. The van der Waals surface area contributed by atoms with Gasteiger partial charge in [0.2, 0.25) is 0 Å². The lowest BCUT2D eigenvalue weighted by molar-refractivity contribution is 0.641. The second-order valence-corrected chi connectivity index (χ2v) is 4.75. The number of rotatable bonds is 2. The Morgan fingerprint density at radius 3 is 2.75 bits per heavy atom. The molecule has 0 radical (unpaired) electrons. The van der Waals surface area contributed by atoms with Crippen LogP contribution in [0.4, 0.5) is 0 Å². The van der Waals surface area contributed by atoms with Crippen LogP contribution in [0.5, 0.6) is 0 Å². The third-order valence-corrected chi connectivity index (χ3v) is 3.15. The zero-order chi connectivity index (χ0) is 11.1. The maximum absolute atomic E-state index is 6.09. The predicted molar refractivity (Wildman–Crippen MR) is 63.7 cm³/mol. The van der Waals surface area contributed by atoms with Gasteiger partial charge in [-0.25, -0.2) is 9.67 Å². The van der Waals surface area contributed by atoms with Gasteiger partial charge in [0.15, 0.2) is 5.82 Å². The van der Waals surface area contributed by atoms with E-state index >= 15 is 0 Å². The fourth-order valence-corrected chi connectivity index (χ4v) is 2.08. The molecular formula is C11H9Cl2N3. The Hall–Kier alpha value is -1.06. The largest absolute Gasteiger partial charge is 0.249 e. The number of halogens is 2. The molecule has 1 aromatic carbocycles. The quantitative estimate of drug-likeness (QED) is 0.819. The van der Waals surface area contributed by atoms with E-state index < -0.39 is 0 Å². The SMILES string of the molecule is Clc1ccc(-c2ncn(C3CC3)n2)c(Cl)c1. The monoisotopic (exact) mass is 253 g/mol. The first-order valence-corrected chi connectivity index (χ1v) is 5.86. The van der Waals surface area contributed by atoms with Crippen molar-refractivity contribution in [1.82, 2.24) is 14.8 Å². The van der Waals surface area contributed by atoms with Crippen LogP contribution in [0.1, 0.15) is 18.9 Å². The summed E-state index contributed by atoms with van der Waals surface area (Å²) in [7, 11) is 0. The Labute approximate surface area is 103 Å². The first-order chi connectivity index (χ1) is 7.74. The van der Waals surface area contributed by atoms with Gasteiger partial charge in [0, 0.05) is 10.6 Å². The summed E-state index contributed by atoms with van der Waals surface area (Å²) in [5.41, 5.74) is 0.825. The maximum atomic E-state index is 6.09. The standard InChI is InChI=1S/C11H9Cl2N3/c12-7-1-4-9(10(13)5-7)11-14-6-16(15-11)8-2-3-8/h1,4-6,8H,2-3H2. The first-order valence-electron chi connectivity index (χ1n) is 5.10. The van der Waals surface area contributed by atoms with E-state index in [1.165, 1.54) is 12.8 Å². The van der Waals surface area contributed by atoms with Gasteiger partial charge < -0.3 is 0 Å². The molecule has 5 heteroatoms. The van der Waals surface area contributed by atoms with Gasteiger partial charge in [-0.2, -0.15) is 5.10 Å². The van der Waals surface area contributed by atoms with Crippen LogP contribution in [0.3, 0.4) is 0 Å². The van der Waals surface area contributed by atoms with Crippen LogP contribution in [0.25, 0.3) is 11.4 Å². The molecule has 82 valence electrons. The highest BCUT2D eigenvalue weighted by atomic mass is 35.5. The number of aromatic nitrogens is 3. The average molecular weight is 254 g/mol. The average Bonchev–Trinajstić information content (AvgIpc) is 2.98. The Morgan fingerprint density at radius 1 is 1.25 bits per heavy atom. The molecule has 1 aromatic heterocycles. The summed E-state index contributed by atoms with van der Waals surface area (Å²) in [5.74, 6) is 0.661. The lowest BCUT2D eigenvalue weighted by Gasteiger charge is -1.99. The third-order valence-electron chi connectivity index (χ3n) is 2.60. The molecule has 2 aromatic rings. The van der Waals surface area contributed by atoms with Gasteiger partial charge >= 0.3 is 0 Å². The molecule has 16 heavy (non-hydrogen) atoms. The lowest BCUT2D eigenvalue weighted by Crippen LogP contribution is -1.93. The number of nitrogens with zero attached hydrogens (tertiary/aromatic N) is 3. The molecule has 1 saturated carbocycles. The molecule has 0 saturated heterocycles. The summed E-state index contributed by atoms with van der Waals surface area (Å²) in [4.78, 5) is 4.26. The maximum Gasteiger partial charge on any atom is 0.182 e. The molecule has 1 aliphatic carbocycles. The van der Waals surface area contributed by atoms with Crippen molar-refractivity contribution >= 4 is 23.2 Å². The molecule has 0 N–H and O–H groups in total. The highest BCUT2D eigenvalue weighted by molar-refractivity contribution is 6.36. The van der Waals surface area contributed by atoms with E-state index in [0.717, 1.165) is 5.56 Å². The summed E-state index contributed by atoms with van der Waals surface area (Å²) in [6, 6.07) is 5.88. The lowest BCUT2D eigenvalue weighted by atomic mass is 10.2. The summed E-state index contributed by atoms with van der Waals surface area (Å²) in [5, 5.41) is 5.62. The summed E-state index contributed by atoms with van der Waals surface area (Å²) in [6.45, 7) is 0. The minimum Gasteiger partial charge on any atom is -0.249 e. The van der Waals surface area contributed by atoms with E-state index in [1.807, 2.05) is 10.7 Å². The van der Waals surface area contributed by atoms with Gasteiger partial charge in [-0.3, -0.25) is 0 Å². The van der Waals surface area contributed by atoms with E-state index in [2.05, 4.69) is 10.1 Å². The molecule has 1 fully saturated rings. The van der Waals surface area contributed by atoms with Gasteiger partial charge in [0.1, 0.15) is 6.33 Å². The van der Waals surface area contributed by atoms with Crippen molar-refractivity contribution in [2.24, 2.45) is 0 Å². The first kappa shape index (κ1) is 10.1. The molecule has 1 heterocycles. The molecule has 0 aliphatic heterocycles. The molecule has 0 spiro atoms. The molecule has 3 rings (SSSR count). The second kappa shape index (κ2) is 3.75. The van der Waals surface area contributed by atoms with Crippen LogP contribution >= 0.6 is 23.2 Å². The van der Waals surface area contributed by atoms with Crippen LogP contribution in [-0.4, -0.2) is 14.8 Å². The molecule has 0 bridgehead atoms.